The molecule has 0 radical (unpaired) electrons. The quantitative estimate of drug-likeness (QED) is 0.243. The third kappa shape index (κ3) is 8.24. The summed E-state index contributed by atoms with van der Waals surface area (Å²) in [4.78, 5) is 14.1. The first-order valence-corrected chi connectivity index (χ1v) is 14.1. The van der Waals surface area contributed by atoms with Crippen molar-refractivity contribution in [3.05, 3.63) is 89.5 Å². The maximum atomic E-state index is 11.5. The van der Waals surface area contributed by atoms with Crippen LogP contribution in [-0.2, 0) is 6.54 Å². The summed E-state index contributed by atoms with van der Waals surface area (Å²) in [7, 11) is 3.34. The molecule has 0 aromatic heterocycles. The molecule has 1 fully saturated rings. The Hall–Kier alpha value is -3.51. The van der Waals surface area contributed by atoms with Crippen LogP contribution >= 0.6 is 0 Å². The zero-order chi connectivity index (χ0) is 27.5. The number of ether oxygens (including phenoxy) is 3. The minimum Gasteiger partial charge on any atom is -0.494 e. The fraction of sp³-hybridized carbons (Fsp3) is 0.424. The van der Waals surface area contributed by atoms with E-state index in [-0.39, 0.29) is 0 Å². The van der Waals surface area contributed by atoms with Crippen LogP contribution in [0.2, 0.25) is 0 Å². The number of hydrogen-bond acceptors (Lipinski definition) is 5. The van der Waals surface area contributed by atoms with E-state index >= 15 is 0 Å². The monoisotopic (exact) mass is 530 g/mol. The van der Waals surface area contributed by atoms with Gasteiger partial charge in [0.2, 0.25) is 5.91 Å². The second-order valence-corrected chi connectivity index (χ2v) is 10.4. The van der Waals surface area contributed by atoms with Gasteiger partial charge in [-0.05, 0) is 72.6 Å². The first-order chi connectivity index (χ1) is 19.1. The highest BCUT2D eigenvalue weighted by Crippen LogP contribution is 2.37. The molecule has 3 aromatic rings. The normalized spacial score (nSPS) is 14.6. The van der Waals surface area contributed by atoms with Gasteiger partial charge in [-0.25, -0.2) is 0 Å². The van der Waals surface area contributed by atoms with Crippen LogP contribution < -0.4 is 19.9 Å². The molecule has 1 aliphatic carbocycles. The standard InChI is InChI=1S/C33H42N2O4/c1-37-31-18-17-25(21-32(31)38-2)23-35(19-10-20-39-29-16-9-15-28(22-29)33(34)36)24-30(26-11-5-3-6-12-26)27-13-7-4-8-14-27/h3,5-6,9,11-12,15-18,21-22,27,30H,4,7-8,10,13-14,19-20,23-24H2,1-2H3,(H2,34,36). The van der Waals surface area contributed by atoms with Crippen LogP contribution in [0.25, 0.3) is 0 Å². The molecule has 4 rings (SSSR count). The van der Waals surface area contributed by atoms with Crippen molar-refractivity contribution in [3.63, 3.8) is 0 Å². The van der Waals surface area contributed by atoms with Crippen LogP contribution in [0.3, 0.4) is 0 Å². The van der Waals surface area contributed by atoms with Crippen LogP contribution in [0.15, 0.2) is 72.8 Å². The summed E-state index contributed by atoms with van der Waals surface area (Å²) in [6.07, 6.45) is 7.44. The van der Waals surface area contributed by atoms with Gasteiger partial charge in [-0.3, -0.25) is 9.69 Å². The fourth-order valence-corrected chi connectivity index (χ4v) is 5.73. The van der Waals surface area contributed by atoms with Crippen LogP contribution in [0.5, 0.6) is 17.2 Å². The second kappa shape index (κ2) is 14.6. The molecule has 1 saturated carbocycles. The summed E-state index contributed by atoms with van der Waals surface area (Å²) in [5, 5.41) is 0. The van der Waals surface area contributed by atoms with E-state index in [2.05, 4.69) is 47.4 Å². The van der Waals surface area contributed by atoms with Crippen molar-refractivity contribution in [2.75, 3.05) is 33.9 Å². The van der Waals surface area contributed by atoms with Gasteiger partial charge in [0, 0.05) is 25.2 Å². The number of methoxy groups -OCH3 is 2. The lowest BCUT2D eigenvalue weighted by molar-refractivity contribution is 0.0999. The minimum atomic E-state index is -0.448. The topological polar surface area (TPSA) is 74.0 Å². The van der Waals surface area contributed by atoms with Gasteiger partial charge >= 0.3 is 0 Å². The first kappa shape index (κ1) is 28.5. The predicted octanol–water partition coefficient (Wildman–Crippen LogP) is 6.44. The van der Waals surface area contributed by atoms with Crippen molar-refractivity contribution < 1.29 is 19.0 Å². The zero-order valence-corrected chi connectivity index (χ0v) is 23.3. The first-order valence-electron chi connectivity index (χ1n) is 14.1. The van der Waals surface area contributed by atoms with Gasteiger partial charge in [0.05, 0.1) is 20.8 Å². The number of benzene rings is 3. The number of primary amides is 1. The molecule has 1 amide bonds. The van der Waals surface area contributed by atoms with Crippen LogP contribution in [0.4, 0.5) is 0 Å². The second-order valence-electron chi connectivity index (χ2n) is 10.4. The summed E-state index contributed by atoms with van der Waals surface area (Å²) in [5.74, 6) is 2.89. The number of nitrogens with zero attached hydrogens (tertiary/aromatic N) is 1. The smallest absolute Gasteiger partial charge is 0.248 e. The van der Waals surface area contributed by atoms with Crippen molar-refractivity contribution in [2.24, 2.45) is 11.7 Å². The summed E-state index contributed by atoms with van der Waals surface area (Å²) in [6.45, 7) is 3.25. The van der Waals surface area contributed by atoms with Gasteiger partial charge in [-0.2, -0.15) is 0 Å². The number of nitrogens with two attached hydrogens (primary N) is 1. The van der Waals surface area contributed by atoms with E-state index in [1.807, 2.05) is 12.1 Å². The molecule has 3 aromatic carbocycles. The Balaban J connectivity index is 1.49. The van der Waals surface area contributed by atoms with Crippen molar-refractivity contribution in [1.82, 2.24) is 4.90 Å². The van der Waals surface area contributed by atoms with Crippen molar-refractivity contribution in [3.8, 4) is 17.2 Å². The van der Waals surface area contributed by atoms with E-state index in [9.17, 15) is 4.79 Å². The van der Waals surface area contributed by atoms with Gasteiger partial charge < -0.3 is 19.9 Å². The number of rotatable bonds is 14. The molecule has 39 heavy (non-hydrogen) atoms. The van der Waals surface area contributed by atoms with Crippen LogP contribution in [0.1, 0.15) is 65.9 Å². The fourth-order valence-electron chi connectivity index (χ4n) is 5.73. The lowest BCUT2D eigenvalue weighted by atomic mass is 9.76. The van der Waals surface area contributed by atoms with E-state index < -0.39 is 5.91 Å². The van der Waals surface area contributed by atoms with Crippen molar-refractivity contribution >= 4 is 5.91 Å². The molecular weight excluding hydrogens is 488 g/mol. The molecule has 1 aliphatic rings. The van der Waals surface area contributed by atoms with Crippen molar-refractivity contribution in [2.45, 2.75) is 51.0 Å². The van der Waals surface area contributed by atoms with Gasteiger partial charge in [0.15, 0.2) is 11.5 Å². The van der Waals surface area contributed by atoms with Crippen LogP contribution in [-0.4, -0.2) is 44.7 Å². The Morgan fingerprint density at radius 2 is 1.69 bits per heavy atom. The summed E-state index contributed by atoms with van der Waals surface area (Å²) in [6, 6.07) is 24.3. The average molecular weight is 531 g/mol. The van der Waals surface area contributed by atoms with Gasteiger partial charge in [-0.15, -0.1) is 0 Å². The van der Waals surface area contributed by atoms with E-state index in [1.54, 1.807) is 32.4 Å². The zero-order valence-electron chi connectivity index (χ0n) is 23.3. The summed E-state index contributed by atoms with van der Waals surface area (Å²) in [5.41, 5.74) is 8.51. The maximum absolute atomic E-state index is 11.5. The molecule has 1 unspecified atom stereocenters. The van der Waals surface area contributed by atoms with Crippen LogP contribution in [0, 0.1) is 5.92 Å². The molecule has 0 aliphatic heterocycles. The molecule has 1 atom stereocenters. The highest BCUT2D eigenvalue weighted by atomic mass is 16.5. The Bertz CT molecular complexity index is 1180. The van der Waals surface area contributed by atoms with E-state index in [0.717, 1.165) is 37.6 Å². The molecule has 0 saturated heterocycles. The van der Waals surface area contributed by atoms with E-state index in [0.29, 0.717) is 29.8 Å². The largest absolute Gasteiger partial charge is 0.494 e. The Labute approximate surface area is 233 Å². The summed E-state index contributed by atoms with van der Waals surface area (Å²) < 4.78 is 17.0. The number of amides is 1. The molecule has 0 heterocycles. The SMILES string of the molecule is COc1ccc(CN(CCCOc2cccc(C(N)=O)c2)CC(c2ccccc2)C2CCCCC2)cc1OC. The maximum Gasteiger partial charge on any atom is 0.248 e. The molecule has 6 nitrogen and oxygen atoms in total. The minimum absolute atomic E-state index is 0.448. The third-order valence-corrected chi connectivity index (χ3v) is 7.76. The van der Waals surface area contributed by atoms with E-state index in [4.69, 9.17) is 19.9 Å². The number of carbonyl (C=O) groups is 1. The lowest BCUT2D eigenvalue weighted by Gasteiger charge is -2.35. The van der Waals surface area contributed by atoms with Gasteiger partial charge in [-0.1, -0.05) is 61.7 Å². The Morgan fingerprint density at radius 1 is 0.923 bits per heavy atom. The molecule has 2 N–H and O–H groups in total. The molecule has 0 spiro atoms. The molecule has 0 bridgehead atoms. The Morgan fingerprint density at radius 3 is 2.41 bits per heavy atom. The van der Waals surface area contributed by atoms with Gasteiger partial charge in [0.1, 0.15) is 5.75 Å². The third-order valence-electron chi connectivity index (χ3n) is 7.76. The van der Waals surface area contributed by atoms with Crippen molar-refractivity contribution in [1.29, 1.82) is 0 Å². The lowest BCUT2D eigenvalue weighted by Crippen LogP contribution is -2.33. The number of hydrogen-bond donors (Lipinski definition) is 1. The Kier molecular flexibility index (Phi) is 10.7. The highest BCUT2D eigenvalue weighted by molar-refractivity contribution is 5.93. The summed E-state index contributed by atoms with van der Waals surface area (Å²) >= 11 is 0. The molecule has 208 valence electrons. The predicted molar refractivity (Wildman–Crippen MR) is 156 cm³/mol. The average Bonchev–Trinajstić information content (AvgIpc) is 2.98. The highest BCUT2D eigenvalue weighted by Gasteiger charge is 2.27. The van der Waals surface area contributed by atoms with E-state index in [1.165, 1.54) is 43.2 Å². The molecular formula is C33H42N2O4. The van der Waals surface area contributed by atoms with Gasteiger partial charge in [0.25, 0.3) is 0 Å². The number of carbonyl (C=O) groups excluding carboxylic acids is 1. The molecule has 6 heteroatoms.